The second-order valence-electron chi connectivity index (χ2n) is 3.42. The Kier molecular flexibility index (Phi) is 3.46. The second kappa shape index (κ2) is 4.40. The molecule has 1 aromatic rings. The van der Waals surface area contributed by atoms with Crippen molar-refractivity contribution in [2.75, 3.05) is 13.2 Å². The topological polar surface area (TPSA) is 40.5 Å². The van der Waals surface area contributed by atoms with Gasteiger partial charge in [-0.15, -0.1) is 0 Å². The molecule has 0 radical (unpaired) electrons. The van der Waals surface area contributed by atoms with Gasteiger partial charge < -0.3 is 10.2 Å². The number of rotatable bonds is 3. The predicted octanol–water partition coefficient (Wildman–Crippen LogP) is 1.37. The van der Waals surface area contributed by atoms with Gasteiger partial charge in [-0.2, -0.15) is 0 Å². The van der Waals surface area contributed by atoms with Gasteiger partial charge in [0, 0.05) is 5.92 Å². The summed E-state index contributed by atoms with van der Waals surface area (Å²) in [6, 6.07) is 6.04. The molecule has 2 heteroatoms. The van der Waals surface area contributed by atoms with Crippen molar-refractivity contribution in [3.05, 3.63) is 34.9 Å². The zero-order chi connectivity index (χ0) is 9.84. The van der Waals surface area contributed by atoms with Crippen LogP contribution >= 0.6 is 0 Å². The van der Waals surface area contributed by atoms with E-state index in [2.05, 4.69) is 6.07 Å². The van der Waals surface area contributed by atoms with Gasteiger partial charge in [0.15, 0.2) is 0 Å². The molecule has 0 aliphatic rings. The minimum atomic E-state index is -0.138. The van der Waals surface area contributed by atoms with E-state index in [4.69, 9.17) is 10.2 Å². The van der Waals surface area contributed by atoms with Crippen molar-refractivity contribution in [3.8, 4) is 0 Å². The molecule has 0 spiro atoms. The summed E-state index contributed by atoms with van der Waals surface area (Å²) in [7, 11) is 0. The molecule has 1 aromatic carbocycles. The Balaban J connectivity index is 2.99. The lowest BCUT2D eigenvalue weighted by Crippen LogP contribution is -2.10. The lowest BCUT2D eigenvalue weighted by atomic mass is 9.95. The average molecular weight is 180 g/mol. The van der Waals surface area contributed by atoms with E-state index in [1.54, 1.807) is 0 Å². The number of benzene rings is 1. The molecular weight excluding hydrogens is 164 g/mol. The van der Waals surface area contributed by atoms with Gasteiger partial charge in [-0.25, -0.2) is 0 Å². The molecule has 0 aliphatic heterocycles. The van der Waals surface area contributed by atoms with Crippen molar-refractivity contribution in [3.63, 3.8) is 0 Å². The van der Waals surface area contributed by atoms with Gasteiger partial charge in [0.2, 0.25) is 0 Å². The first-order chi connectivity index (χ1) is 6.19. The maximum absolute atomic E-state index is 9.01. The predicted molar refractivity (Wildman–Crippen MR) is 52.8 cm³/mol. The van der Waals surface area contributed by atoms with Gasteiger partial charge in [-0.1, -0.05) is 23.8 Å². The highest BCUT2D eigenvalue weighted by Crippen LogP contribution is 2.19. The summed E-state index contributed by atoms with van der Waals surface area (Å²) >= 11 is 0. The van der Waals surface area contributed by atoms with Crippen molar-refractivity contribution >= 4 is 0 Å². The molecule has 0 unspecified atom stereocenters. The Bertz CT molecular complexity index is 277. The first-order valence-electron chi connectivity index (χ1n) is 4.48. The Hall–Kier alpha value is -0.860. The van der Waals surface area contributed by atoms with Crippen LogP contribution in [0, 0.1) is 13.8 Å². The Morgan fingerprint density at radius 1 is 1.15 bits per heavy atom. The zero-order valence-corrected chi connectivity index (χ0v) is 8.12. The molecule has 1 rings (SSSR count). The van der Waals surface area contributed by atoms with Gasteiger partial charge in [-0.05, 0) is 25.0 Å². The van der Waals surface area contributed by atoms with Gasteiger partial charge in [0.25, 0.3) is 0 Å². The van der Waals surface area contributed by atoms with E-state index in [9.17, 15) is 0 Å². The van der Waals surface area contributed by atoms with Crippen LogP contribution < -0.4 is 0 Å². The summed E-state index contributed by atoms with van der Waals surface area (Å²) < 4.78 is 0. The van der Waals surface area contributed by atoms with E-state index >= 15 is 0 Å². The third-order valence-electron chi connectivity index (χ3n) is 2.31. The normalized spacial score (nSPS) is 10.8. The molecule has 13 heavy (non-hydrogen) atoms. The van der Waals surface area contributed by atoms with E-state index in [0.717, 1.165) is 11.1 Å². The van der Waals surface area contributed by atoms with E-state index < -0.39 is 0 Å². The van der Waals surface area contributed by atoms with Crippen molar-refractivity contribution in [2.45, 2.75) is 19.8 Å². The quantitative estimate of drug-likeness (QED) is 0.737. The third-order valence-corrected chi connectivity index (χ3v) is 2.31. The number of aliphatic hydroxyl groups excluding tert-OH is 2. The summed E-state index contributed by atoms with van der Waals surface area (Å²) in [4.78, 5) is 0. The summed E-state index contributed by atoms with van der Waals surface area (Å²) in [5.74, 6) is -0.138. The average Bonchev–Trinajstić information content (AvgIpc) is 2.10. The molecule has 0 fully saturated rings. The van der Waals surface area contributed by atoms with Gasteiger partial charge in [0.05, 0.1) is 13.2 Å². The highest BCUT2D eigenvalue weighted by atomic mass is 16.3. The van der Waals surface area contributed by atoms with Crippen LogP contribution in [-0.2, 0) is 0 Å². The molecule has 0 saturated carbocycles. The molecular formula is C11H16O2. The van der Waals surface area contributed by atoms with E-state index in [0.29, 0.717) is 0 Å². The van der Waals surface area contributed by atoms with Crippen LogP contribution in [0.3, 0.4) is 0 Å². The van der Waals surface area contributed by atoms with Gasteiger partial charge in [-0.3, -0.25) is 0 Å². The van der Waals surface area contributed by atoms with Crippen LogP contribution in [0.1, 0.15) is 22.6 Å². The smallest absolute Gasteiger partial charge is 0.0521 e. The van der Waals surface area contributed by atoms with Gasteiger partial charge >= 0.3 is 0 Å². The molecule has 72 valence electrons. The summed E-state index contributed by atoms with van der Waals surface area (Å²) in [6.45, 7) is 4.03. The maximum atomic E-state index is 9.01. The third kappa shape index (κ3) is 2.29. The monoisotopic (exact) mass is 180 g/mol. The van der Waals surface area contributed by atoms with E-state index in [1.165, 1.54) is 5.56 Å². The van der Waals surface area contributed by atoms with Crippen molar-refractivity contribution in [2.24, 2.45) is 0 Å². The first-order valence-corrected chi connectivity index (χ1v) is 4.48. The number of hydrogen-bond acceptors (Lipinski definition) is 2. The van der Waals surface area contributed by atoms with E-state index in [-0.39, 0.29) is 19.1 Å². The fourth-order valence-corrected chi connectivity index (χ4v) is 1.54. The number of aryl methyl sites for hydroxylation is 2. The van der Waals surface area contributed by atoms with E-state index in [1.807, 2.05) is 26.0 Å². The summed E-state index contributed by atoms with van der Waals surface area (Å²) in [5, 5.41) is 18.0. The van der Waals surface area contributed by atoms with Crippen LogP contribution in [0.2, 0.25) is 0 Å². The van der Waals surface area contributed by atoms with Crippen LogP contribution in [0.4, 0.5) is 0 Å². The molecule has 0 heterocycles. The molecule has 0 saturated heterocycles. The lowest BCUT2D eigenvalue weighted by Gasteiger charge is -2.14. The molecule has 0 aromatic heterocycles. The van der Waals surface area contributed by atoms with Crippen LogP contribution in [0.25, 0.3) is 0 Å². The molecule has 0 bridgehead atoms. The molecule has 0 atom stereocenters. The largest absolute Gasteiger partial charge is 0.396 e. The lowest BCUT2D eigenvalue weighted by molar-refractivity contribution is 0.192. The SMILES string of the molecule is Cc1ccc(C(CO)CO)c(C)c1. The highest BCUT2D eigenvalue weighted by Gasteiger charge is 2.10. The molecule has 0 amide bonds. The van der Waals surface area contributed by atoms with Crippen LogP contribution in [0.5, 0.6) is 0 Å². The van der Waals surface area contributed by atoms with Crippen LogP contribution in [-0.4, -0.2) is 23.4 Å². The highest BCUT2D eigenvalue weighted by molar-refractivity contribution is 5.33. The number of aliphatic hydroxyl groups is 2. The fraction of sp³-hybridized carbons (Fsp3) is 0.455. The Labute approximate surface area is 78.8 Å². The van der Waals surface area contributed by atoms with Crippen molar-refractivity contribution in [1.82, 2.24) is 0 Å². The zero-order valence-electron chi connectivity index (χ0n) is 8.12. The first kappa shape index (κ1) is 10.2. The molecule has 2 nitrogen and oxygen atoms in total. The van der Waals surface area contributed by atoms with Crippen molar-refractivity contribution < 1.29 is 10.2 Å². The molecule has 2 N–H and O–H groups in total. The number of hydrogen-bond donors (Lipinski definition) is 2. The molecule has 0 aliphatic carbocycles. The second-order valence-corrected chi connectivity index (χ2v) is 3.42. The minimum Gasteiger partial charge on any atom is -0.396 e. The standard InChI is InChI=1S/C11H16O2/c1-8-3-4-11(9(2)5-8)10(6-12)7-13/h3-5,10,12-13H,6-7H2,1-2H3. The van der Waals surface area contributed by atoms with Gasteiger partial charge in [0.1, 0.15) is 0 Å². The Morgan fingerprint density at radius 3 is 2.23 bits per heavy atom. The summed E-state index contributed by atoms with van der Waals surface area (Å²) in [5.41, 5.74) is 3.37. The van der Waals surface area contributed by atoms with Crippen LogP contribution in [0.15, 0.2) is 18.2 Å². The fourth-order valence-electron chi connectivity index (χ4n) is 1.54. The summed E-state index contributed by atoms with van der Waals surface area (Å²) in [6.07, 6.45) is 0. The minimum absolute atomic E-state index is 0.000398. The maximum Gasteiger partial charge on any atom is 0.0521 e. The Morgan fingerprint density at radius 2 is 1.77 bits per heavy atom. The van der Waals surface area contributed by atoms with Crippen molar-refractivity contribution in [1.29, 1.82) is 0 Å².